The molecule has 6 heteroatoms. The minimum Gasteiger partial charge on any atom is -0.481 e. The fourth-order valence-electron chi connectivity index (χ4n) is 3.28. The molecule has 2 amide bonds. The summed E-state index contributed by atoms with van der Waals surface area (Å²) in [5, 5.41) is 3.44. The van der Waals surface area contributed by atoms with E-state index in [0.29, 0.717) is 28.7 Å². The Labute approximate surface area is 157 Å². The number of fused-ring (bicyclic) bond motifs is 1. The van der Waals surface area contributed by atoms with Crippen molar-refractivity contribution < 1.29 is 14.3 Å². The number of ether oxygens (including phenoxy) is 1. The lowest BCUT2D eigenvalue weighted by Gasteiger charge is -2.18. The molecule has 0 bridgehead atoms. The van der Waals surface area contributed by atoms with Gasteiger partial charge in [-0.3, -0.25) is 9.59 Å². The van der Waals surface area contributed by atoms with Crippen molar-refractivity contribution in [3.05, 3.63) is 46.3 Å². The van der Waals surface area contributed by atoms with Crippen LogP contribution in [-0.2, 0) is 17.6 Å². The molecule has 0 spiro atoms. The summed E-state index contributed by atoms with van der Waals surface area (Å²) < 4.78 is 5.79. The minimum absolute atomic E-state index is 0.259. The van der Waals surface area contributed by atoms with E-state index >= 15 is 0 Å². The molecular weight excluding hydrogens is 348 g/mol. The third-order valence-electron chi connectivity index (χ3n) is 4.68. The zero-order valence-electron chi connectivity index (χ0n) is 15.1. The predicted molar refractivity (Wildman–Crippen MR) is 104 cm³/mol. The van der Waals surface area contributed by atoms with Crippen molar-refractivity contribution in [1.29, 1.82) is 0 Å². The lowest BCUT2D eigenvalue weighted by molar-refractivity contribution is -0.122. The third kappa shape index (κ3) is 3.90. The largest absolute Gasteiger partial charge is 0.481 e. The average Bonchev–Trinajstić information content (AvgIpc) is 2.97. The van der Waals surface area contributed by atoms with Gasteiger partial charge < -0.3 is 15.8 Å². The molecule has 5 nitrogen and oxygen atoms in total. The highest BCUT2D eigenvalue weighted by atomic mass is 32.1. The van der Waals surface area contributed by atoms with Crippen molar-refractivity contribution in [2.75, 3.05) is 5.32 Å². The molecule has 0 saturated heterocycles. The SMILES string of the molecule is CC[C@@H](Oc1ccccc1)C(=O)Nc1sc2c(c1C(N)=O)CC[C@@H](C)C2. The van der Waals surface area contributed by atoms with Gasteiger partial charge in [0, 0.05) is 4.88 Å². The molecule has 0 fully saturated rings. The predicted octanol–water partition coefficient (Wildman–Crippen LogP) is 3.77. The molecule has 0 aliphatic heterocycles. The zero-order valence-corrected chi connectivity index (χ0v) is 15.9. The van der Waals surface area contributed by atoms with Gasteiger partial charge in [0.1, 0.15) is 10.8 Å². The molecule has 3 rings (SSSR count). The van der Waals surface area contributed by atoms with Crippen molar-refractivity contribution in [2.24, 2.45) is 11.7 Å². The van der Waals surface area contributed by atoms with Crippen LogP contribution < -0.4 is 15.8 Å². The van der Waals surface area contributed by atoms with Crippen molar-refractivity contribution in [3.63, 3.8) is 0 Å². The first kappa shape index (κ1) is 18.5. The summed E-state index contributed by atoms with van der Waals surface area (Å²) in [7, 11) is 0. The Balaban J connectivity index is 1.81. The second-order valence-electron chi connectivity index (χ2n) is 6.74. The summed E-state index contributed by atoms with van der Waals surface area (Å²) in [6, 6.07) is 9.25. The number of nitrogens with two attached hydrogens (primary N) is 1. The van der Waals surface area contributed by atoms with E-state index in [-0.39, 0.29) is 5.91 Å². The summed E-state index contributed by atoms with van der Waals surface area (Å²) in [6.45, 7) is 4.09. The Morgan fingerprint density at radius 2 is 2.08 bits per heavy atom. The standard InChI is InChI=1S/C20H24N2O3S/c1-3-15(25-13-7-5-4-6-8-13)19(24)22-20-17(18(21)23)14-10-9-12(2)11-16(14)26-20/h4-8,12,15H,3,9-11H2,1-2H3,(H2,21,23)(H,22,24)/t12-,15-/m1/s1. The highest BCUT2D eigenvalue weighted by Crippen LogP contribution is 2.39. The van der Waals surface area contributed by atoms with E-state index in [9.17, 15) is 9.59 Å². The van der Waals surface area contributed by atoms with Crippen LogP contribution in [0.25, 0.3) is 0 Å². The number of primary amides is 1. The molecular formula is C20H24N2O3S. The van der Waals surface area contributed by atoms with Crippen molar-refractivity contribution in [3.8, 4) is 5.75 Å². The van der Waals surface area contributed by atoms with Gasteiger partial charge in [0.25, 0.3) is 11.8 Å². The van der Waals surface area contributed by atoms with Gasteiger partial charge in [0.2, 0.25) is 0 Å². The lowest BCUT2D eigenvalue weighted by atomic mass is 9.88. The Bertz CT molecular complexity index is 801. The number of hydrogen-bond acceptors (Lipinski definition) is 4. The minimum atomic E-state index is -0.629. The van der Waals surface area contributed by atoms with Crippen LogP contribution in [0.2, 0.25) is 0 Å². The highest BCUT2D eigenvalue weighted by molar-refractivity contribution is 7.17. The number of amides is 2. The third-order valence-corrected chi connectivity index (χ3v) is 5.85. The summed E-state index contributed by atoms with van der Waals surface area (Å²) >= 11 is 1.47. The molecule has 1 aliphatic rings. The fraction of sp³-hybridized carbons (Fsp3) is 0.400. The molecule has 2 aromatic rings. The molecule has 138 valence electrons. The van der Waals surface area contributed by atoms with E-state index in [1.807, 2.05) is 37.3 Å². The molecule has 1 aliphatic carbocycles. The van der Waals surface area contributed by atoms with Gasteiger partial charge >= 0.3 is 0 Å². The molecule has 1 aromatic carbocycles. The van der Waals surface area contributed by atoms with Crippen LogP contribution in [0.4, 0.5) is 5.00 Å². The number of rotatable bonds is 6. The van der Waals surface area contributed by atoms with Gasteiger partial charge in [-0.05, 0) is 49.3 Å². The van der Waals surface area contributed by atoms with E-state index in [4.69, 9.17) is 10.5 Å². The summed E-state index contributed by atoms with van der Waals surface area (Å²) in [6.07, 6.45) is 2.68. The van der Waals surface area contributed by atoms with Crippen LogP contribution in [0.5, 0.6) is 5.75 Å². The monoisotopic (exact) mass is 372 g/mol. The first-order chi connectivity index (χ1) is 12.5. The van der Waals surface area contributed by atoms with Crippen molar-refractivity contribution in [2.45, 2.75) is 45.6 Å². The Kier molecular flexibility index (Phi) is 5.61. The number of carbonyl (C=O) groups is 2. The van der Waals surface area contributed by atoms with Gasteiger partial charge in [-0.15, -0.1) is 11.3 Å². The summed E-state index contributed by atoms with van der Waals surface area (Å²) in [4.78, 5) is 25.9. The van der Waals surface area contributed by atoms with E-state index in [0.717, 1.165) is 29.7 Å². The molecule has 3 N–H and O–H groups in total. The Morgan fingerprint density at radius 3 is 2.73 bits per heavy atom. The highest BCUT2D eigenvalue weighted by Gasteiger charge is 2.28. The second kappa shape index (κ2) is 7.91. The van der Waals surface area contributed by atoms with E-state index in [2.05, 4.69) is 12.2 Å². The van der Waals surface area contributed by atoms with Crippen LogP contribution in [0.15, 0.2) is 30.3 Å². The van der Waals surface area contributed by atoms with Gasteiger partial charge in [-0.1, -0.05) is 32.0 Å². The van der Waals surface area contributed by atoms with Crippen LogP contribution in [-0.4, -0.2) is 17.9 Å². The number of benzene rings is 1. The summed E-state index contributed by atoms with van der Waals surface area (Å²) in [5.41, 5.74) is 7.09. The van der Waals surface area contributed by atoms with Crippen LogP contribution >= 0.6 is 11.3 Å². The first-order valence-corrected chi connectivity index (χ1v) is 9.78. The maximum atomic E-state index is 12.7. The number of nitrogens with one attached hydrogen (secondary N) is 1. The average molecular weight is 372 g/mol. The quantitative estimate of drug-likeness (QED) is 0.810. The Morgan fingerprint density at radius 1 is 1.35 bits per heavy atom. The van der Waals surface area contributed by atoms with Crippen molar-refractivity contribution >= 4 is 28.2 Å². The van der Waals surface area contributed by atoms with Gasteiger partial charge in [0.05, 0.1) is 5.56 Å². The van der Waals surface area contributed by atoms with E-state index in [1.54, 1.807) is 0 Å². The summed E-state index contributed by atoms with van der Waals surface area (Å²) in [5.74, 6) is 0.481. The number of thiophene rings is 1. The fourth-order valence-corrected chi connectivity index (χ4v) is 4.70. The smallest absolute Gasteiger partial charge is 0.266 e. The molecule has 2 atom stereocenters. The lowest BCUT2D eigenvalue weighted by Crippen LogP contribution is -2.32. The van der Waals surface area contributed by atoms with E-state index in [1.165, 1.54) is 11.3 Å². The first-order valence-electron chi connectivity index (χ1n) is 8.96. The maximum Gasteiger partial charge on any atom is 0.266 e. The topological polar surface area (TPSA) is 81.4 Å². The Hall–Kier alpha value is -2.34. The van der Waals surface area contributed by atoms with E-state index < -0.39 is 12.0 Å². The molecule has 26 heavy (non-hydrogen) atoms. The molecule has 1 heterocycles. The number of anilines is 1. The van der Waals surface area contributed by atoms with Gasteiger partial charge in [-0.25, -0.2) is 0 Å². The van der Waals surface area contributed by atoms with Crippen molar-refractivity contribution in [1.82, 2.24) is 0 Å². The molecule has 0 unspecified atom stereocenters. The van der Waals surface area contributed by atoms with Gasteiger partial charge in [0.15, 0.2) is 6.10 Å². The molecule has 1 aromatic heterocycles. The number of hydrogen-bond donors (Lipinski definition) is 2. The zero-order chi connectivity index (χ0) is 18.7. The van der Waals surface area contributed by atoms with Crippen LogP contribution in [0.3, 0.4) is 0 Å². The second-order valence-corrected chi connectivity index (χ2v) is 7.84. The van der Waals surface area contributed by atoms with Crippen LogP contribution in [0.1, 0.15) is 47.5 Å². The molecule has 0 radical (unpaired) electrons. The molecule has 0 saturated carbocycles. The van der Waals surface area contributed by atoms with Crippen LogP contribution in [0, 0.1) is 5.92 Å². The maximum absolute atomic E-state index is 12.7. The van der Waals surface area contributed by atoms with Gasteiger partial charge in [-0.2, -0.15) is 0 Å². The number of para-hydroxylation sites is 1. The number of carbonyl (C=O) groups excluding carboxylic acids is 2. The normalized spacial score (nSPS) is 17.2.